The molecule has 0 aromatic heterocycles. The molecule has 150 valence electrons. The normalized spacial score (nSPS) is 12.3. The van der Waals surface area contributed by atoms with Gasteiger partial charge < -0.3 is 0 Å². The fraction of sp³-hybridized carbons (Fsp3) is 0.773. The van der Waals surface area contributed by atoms with Crippen molar-refractivity contribution in [2.45, 2.75) is 98.8 Å². The summed E-state index contributed by atoms with van der Waals surface area (Å²) < 4.78 is 15.6. The van der Waals surface area contributed by atoms with Crippen LogP contribution in [0.15, 0.2) is 11.3 Å². The molecule has 0 atom stereocenters. The molecular formula is C22H40O3Sn. The number of terminal acetylenes is 1. The van der Waals surface area contributed by atoms with Crippen molar-refractivity contribution in [1.82, 2.24) is 0 Å². The van der Waals surface area contributed by atoms with Gasteiger partial charge in [0.25, 0.3) is 0 Å². The van der Waals surface area contributed by atoms with Gasteiger partial charge in [-0.25, -0.2) is 0 Å². The summed E-state index contributed by atoms with van der Waals surface area (Å²) >= 11 is -2.78. The number of esters is 1. The predicted molar refractivity (Wildman–Crippen MR) is 113 cm³/mol. The quantitative estimate of drug-likeness (QED) is 0.0675. The standard InChI is InChI=1S/C10H14O3.3C4H9.Sn/c1-4-5-6-7-9(8(2)11)10(12)13-3;3*1-3-4-2;/h1,11H,5-7H2,2-3H3;3*1,3-4H2,2H3;/q;;;;+1/p-1/b9-8-;;;;. The first-order valence-corrected chi connectivity index (χ1v) is 17.6. The van der Waals surface area contributed by atoms with Crippen LogP contribution in [-0.2, 0) is 12.6 Å². The number of carbonyl (C=O) groups is 1. The summed E-state index contributed by atoms with van der Waals surface area (Å²) in [5, 5.41) is 0. The predicted octanol–water partition coefficient (Wildman–Crippen LogP) is 6.60. The van der Waals surface area contributed by atoms with Gasteiger partial charge in [-0.15, -0.1) is 0 Å². The van der Waals surface area contributed by atoms with Gasteiger partial charge in [-0.2, -0.15) is 0 Å². The first-order valence-electron chi connectivity index (χ1n) is 10.4. The molecule has 0 fully saturated rings. The molecule has 0 aromatic carbocycles. The van der Waals surface area contributed by atoms with E-state index in [1.165, 1.54) is 58.9 Å². The summed E-state index contributed by atoms with van der Waals surface area (Å²) in [7, 11) is 1.44. The molecule has 0 aliphatic carbocycles. The van der Waals surface area contributed by atoms with Crippen molar-refractivity contribution < 1.29 is 12.6 Å². The van der Waals surface area contributed by atoms with Gasteiger partial charge >= 0.3 is 167 Å². The summed E-state index contributed by atoms with van der Waals surface area (Å²) in [6, 6.07) is 0. The molecule has 0 amide bonds. The number of allylic oxidation sites excluding steroid dienone is 1. The Kier molecular flexibility index (Phi) is 15.1. The van der Waals surface area contributed by atoms with Crippen molar-refractivity contribution in [2.24, 2.45) is 0 Å². The monoisotopic (exact) mass is 472 g/mol. The second-order valence-electron chi connectivity index (χ2n) is 7.18. The third kappa shape index (κ3) is 9.90. The molecule has 0 spiro atoms. The van der Waals surface area contributed by atoms with Crippen LogP contribution < -0.4 is 0 Å². The van der Waals surface area contributed by atoms with Crippen molar-refractivity contribution in [3.63, 3.8) is 0 Å². The molecule has 0 N–H and O–H groups in total. The fourth-order valence-electron chi connectivity index (χ4n) is 3.32. The minimum atomic E-state index is -2.78. The second kappa shape index (κ2) is 15.4. The molecule has 0 bridgehead atoms. The Morgan fingerprint density at radius 3 is 1.85 bits per heavy atom. The Morgan fingerprint density at radius 2 is 1.46 bits per heavy atom. The van der Waals surface area contributed by atoms with Crippen LogP contribution in [0.3, 0.4) is 0 Å². The molecule has 0 saturated carbocycles. The van der Waals surface area contributed by atoms with E-state index in [0.29, 0.717) is 18.4 Å². The zero-order valence-electron chi connectivity index (χ0n) is 17.8. The minimum absolute atomic E-state index is 0.263. The van der Waals surface area contributed by atoms with Crippen LogP contribution in [-0.4, -0.2) is 31.9 Å². The van der Waals surface area contributed by atoms with E-state index >= 15 is 0 Å². The second-order valence-corrected chi connectivity index (χ2v) is 18.8. The topological polar surface area (TPSA) is 35.5 Å². The number of ether oxygens (including phenoxy) is 1. The maximum absolute atomic E-state index is 12.3. The number of unbranched alkanes of at least 4 members (excludes halogenated alkanes) is 4. The van der Waals surface area contributed by atoms with Gasteiger partial charge in [0.2, 0.25) is 0 Å². The SMILES string of the molecule is C#CCCC/C(C(=O)OC)=C(\C)[O][Sn]([CH2]CCC)([CH2]CCC)[CH2]CCC. The van der Waals surface area contributed by atoms with Gasteiger partial charge in [0.1, 0.15) is 0 Å². The van der Waals surface area contributed by atoms with Crippen LogP contribution in [0.25, 0.3) is 0 Å². The Labute approximate surface area is 166 Å². The van der Waals surface area contributed by atoms with Crippen LogP contribution in [0.4, 0.5) is 0 Å². The van der Waals surface area contributed by atoms with E-state index in [1.807, 2.05) is 6.92 Å². The molecule has 0 aliphatic rings. The Balaban J connectivity index is 5.57. The van der Waals surface area contributed by atoms with Gasteiger partial charge in [-0.05, 0) is 0 Å². The molecule has 0 aromatic rings. The van der Waals surface area contributed by atoms with Crippen molar-refractivity contribution >= 4 is 24.8 Å². The Hall–Kier alpha value is -0.631. The summed E-state index contributed by atoms with van der Waals surface area (Å²) in [4.78, 5) is 12.3. The van der Waals surface area contributed by atoms with Gasteiger partial charge in [-0.3, -0.25) is 0 Å². The molecule has 4 heteroatoms. The van der Waals surface area contributed by atoms with Crippen LogP contribution in [0, 0.1) is 12.3 Å². The first kappa shape index (κ1) is 25.4. The molecule has 26 heavy (non-hydrogen) atoms. The summed E-state index contributed by atoms with van der Waals surface area (Å²) in [6.07, 6.45) is 14.8. The van der Waals surface area contributed by atoms with E-state index in [4.69, 9.17) is 14.2 Å². The van der Waals surface area contributed by atoms with E-state index in [9.17, 15) is 4.79 Å². The zero-order valence-corrected chi connectivity index (χ0v) is 20.6. The maximum atomic E-state index is 12.3. The number of hydrogen-bond acceptors (Lipinski definition) is 3. The van der Waals surface area contributed by atoms with Crippen molar-refractivity contribution in [3.05, 3.63) is 11.3 Å². The molecule has 0 aliphatic heterocycles. The van der Waals surface area contributed by atoms with Crippen molar-refractivity contribution in [2.75, 3.05) is 7.11 Å². The number of methoxy groups -OCH3 is 1. The first-order chi connectivity index (χ1) is 12.5. The van der Waals surface area contributed by atoms with Crippen LogP contribution in [0.5, 0.6) is 0 Å². The Morgan fingerprint density at radius 1 is 0.962 bits per heavy atom. The molecule has 0 radical (unpaired) electrons. The molecule has 0 heterocycles. The summed E-state index contributed by atoms with van der Waals surface area (Å²) in [5.41, 5.74) is 0.688. The number of carbonyl (C=O) groups excluding carboxylic acids is 1. The van der Waals surface area contributed by atoms with Crippen LogP contribution in [0.1, 0.15) is 85.5 Å². The van der Waals surface area contributed by atoms with E-state index in [0.717, 1.165) is 12.2 Å². The third-order valence-corrected chi connectivity index (χ3v) is 17.9. The van der Waals surface area contributed by atoms with Gasteiger partial charge in [0.05, 0.1) is 0 Å². The molecule has 0 rings (SSSR count). The molecular weight excluding hydrogens is 431 g/mol. The van der Waals surface area contributed by atoms with E-state index in [1.54, 1.807) is 0 Å². The summed E-state index contributed by atoms with van der Waals surface area (Å²) in [5.74, 6) is 3.20. The van der Waals surface area contributed by atoms with Gasteiger partial charge in [-0.1, -0.05) is 0 Å². The number of rotatable bonds is 15. The molecule has 0 unspecified atom stereocenters. The van der Waals surface area contributed by atoms with Crippen molar-refractivity contribution in [3.8, 4) is 12.3 Å². The average molecular weight is 471 g/mol. The fourth-order valence-corrected chi connectivity index (χ4v) is 17.1. The van der Waals surface area contributed by atoms with E-state index in [2.05, 4.69) is 26.7 Å². The van der Waals surface area contributed by atoms with Gasteiger partial charge in [0, 0.05) is 0 Å². The molecule has 3 nitrogen and oxygen atoms in total. The number of hydrogen-bond donors (Lipinski definition) is 0. The van der Waals surface area contributed by atoms with Crippen molar-refractivity contribution in [1.29, 1.82) is 0 Å². The van der Waals surface area contributed by atoms with Crippen LogP contribution in [0.2, 0.25) is 13.3 Å². The molecule has 0 saturated heterocycles. The van der Waals surface area contributed by atoms with Crippen LogP contribution >= 0.6 is 0 Å². The van der Waals surface area contributed by atoms with E-state index in [-0.39, 0.29) is 5.97 Å². The Bertz CT molecular complexity index is 441. The zero-order chi connectivity index (χ0) is 19.8. The average Bonchev–Trinajstić information content (AvgIpc) is 2.65. The third-order valence-electron chi connectivity index (χ3n) is 4.93. The summed E-state index contributed by atoms with van der Waals surface area (Å²) in [6.45, 7) is 8.72. The van der Waals surface area contributed by atoms with Gasteiger partial charge in [0.15, 0.2) is 0 Å². The van der Waals surface area contributed by atoms with E-state index < -0.39 is 18.8 Å².